The molecule has 2 fully saturated rings. The lowest BCUT2D eigenvalue weighted by Crippen LogP contribution is -2.32. The molecular weight excluding hydrogens is 508 g/mol. The van der Waals surface area contributed by atoms with Gasteiger partial charge in [0.05, 0.1) is 41.0 Å². The first-order valence-electron chi connectivity index (χ1n) is 12.3. The maximum atomic E-state index is 12.4. The normalized spacial score (nSPS) is 16.3. The number of hydrogen-bond acceptors (Lipinski definition) is 10. The molecule has 3 aromatic heterocycles. The van der Waals surface area contributed by atoms with Crippen molar-refractivity contribution in [1.29, 1.82) is 0 Å². The molecular formula is C25H30N8O2S2. The van der Waals surface area contributed by atoms with E-state index in [0.717, 1.165) is 46.5 Å². The van der Waals surface area contributed by atoms with Crippen LogP contribution in [0.5, 0.6) is 0 Å². The fourth-order valence-electron chi connectivity index (χ4n) is 3.84. The zero-order valence-electron chi connectivity index (χ0n) is 20.9. The molecule has 1 aliphatic heterocycles. The minimum atomic E-state index is -3.44. The highest BCUT2D eigenvalue weighted by molar-refractivity contribution is 7.99. The van der Waals surface area contributed by atoms with Crippen LogP contribution in [0.2, 0.25) is 0 Å². The molecule has 37 heavy (non-hydrogen) atoms. The topological polar surface area (TPSA) is 118 Å². The second-order valence-electron chi connectivity index (χ2n) is 9.34. The molecule has 0 unspecified atom stereocenters. The lowest BCUT2D eigenvalue weighted by Gasteiger charge is -2.23. The van der Waals surface area contributed by atoms with Crippen molar-refractivity contribution in [3.05, 3.63) is 42.5 Å². The fourth-order valence-corrected chi connectivity index (χ4v) is 6.29. The molecule has 2 aliphatic rings. The van der Waals surface area contributed by atoms with E-state index < -0.39 is 10.0 Å². The molecule has 0 amide bonds. The van der Waals surface area contributed by atoms with E-state index in [1.807, 2.05) is 17.8 Å². The Morgan fingerprint density at radius 2 is 1.97 bits per heavy atom. The molecule has 10 nitrogen and oxygen atoms in total. The van der Waals surface area contributed by atoms with Gasteiger partial charge in [-0.25, -0.2) is 23.4 Å². The van der Waals surface area contributed by atoms with Gasteiger partial charge in [-0.1, -0.05) is 11.8 Å². The van der Waals surface area contributed by atoms with Crippen molar-refractivity contribution < 1.29 is 8.42 Å². The molecule has 1 saturated heterocycles. The van der Waals surface area contributed by atoms with Crippen molar-refractivity contribution in [3.63, 3.8) is 0 Å². The highest BCUT2D eigenvalue weighted by Crippen LogP contribution is 2.30. The summed E-state index contributed by atoms with van der Waals surface area (Å²) >= 11 is 1.99. The summed E-state index contributed by atoms with van der Waals surface area (Å²) in [5.41, 5.74) is 2.27. The number of nitrogens with one attached hydrogen (secondary N) is 2. The highest BCUT2D eigenvalue weighted by atomic mass is 32.2. The zero-order chi connectivity index (χ0) is 25.8. The number of rotatable bonds is 8. The van der Waals surface area contributed by atoms with Crippen molar-refractivity contribution in [3.8, 4) is 23.2 Å². The predicted molar refractivity (Wildman–Crippen MR) is 148 cm³/mol. The standard InChI is InChI=1S/C25H30N8O2S2/c1-18(2)29-22-14-24(27-15-19(22)4-3-9-32-10-12-36-13-11-32)30-23-7-8-26-25(31-23)20-16-28-33(17-20)37(34,35)21-5-6-21/h7-8,14-18,21H,5-6,9-13H2,1-2H3,(H2,26,27,29,30,31). The number of nitrogens with zero attached hydrogens (tertiary/aromatic N) is 6. The molecule has 0 aromatic carbocycles. The van der Waals surface area contributed by atoms with Crippen molar-refractivity contribution in [2.75, 3.05) is 41.8 Å². The van der Waals surface area contributed by atoms with E-state index in [1.54, 1.807) is 18.5 Å². The van der Waals surface area contributed by atoms with Gasteiger partial charge < -0.3 is 10.6 Å². The van der Waals surface area contributed by atoms with E-state index in [2.05, 4.69) is 61.3 Å². The third-order valence-electron chi connectivity index (χ3n) is 5.91. The molecule has 1 aliphatic carbocycles. The third-order valence-corrected chi connectivity index (χ3v) is 8.89. The van der Waals surface area contributed by atoms with Crippen LogP contribution in [0.1, 0.15) is 32.3 Å². The van der Waals surface area contributed by atoms with E-state index in [-0.39, 0.29) is 11.3 Å². The van der Waals surface area contributed by atoms with Crippen molar-refractivity contribution in [2.45, 2.75) is 38.0 Å². The van der Waals surface area contributed by atoms with E-state index in [9.17, 15) is 8.42 Å². The summed E-state index contributed by atoms with van der Waals surface area (Å²) in [6, 6.07) is 3.88. The number of hydrogen-bond donors (Lipinski definition) is 2. The molecule has 3 aromatic rings. The molecule has 4 heterocycles. The van der Waals surface area contributed by atoms with Crippen molar-refractivity contribution in [1.82, 2.24) is 29.0 Å². The summed E-state index contributed by atoms with van der Waals surface area (Å²) < 4.78 is 25.9. The zero-order valence-corrected chi connectivity index (χ0v) is 22.5. The Labute approximate surface area is 221 Å². The van der Waals surface area contributed by atoms with Gasteiger partial charge in [-0.2, -0.15) is 20.9 Å². The second-order valence-corrected chi connectivity index (χ2v) is 12.6. The van der Waals surface area contributed by atoms with E-state index in [4.69, 9.17) is 0 Å². The first-order chi connectivity index (χ1) is 17.9. The number of aromatic nitrogens is 5. The smallest absolute Gasteiger partial charge is 0.256 e. The summed E-state index contributed by atoms with van der Waals surface area (Å²) in [6.07, 6.45) is 7.67. The number of thioether (sulfide) groups is 1. The van der Waals surface area contributed by atoms with Gasteiger partial charge >= 0.3 is 0 Å². The Kier molecular flexibility index (Phi) is 7.64. The Hall–Kier alpha value is -3.14. The maximum Gasteiger partial charge on any atom is 0.256 e. The summed E-state index contributed by atoms with van der Waals surface area (Å²) in [4.78, 5) is 15.8. The minimum absolute atomic E-state index is 0.226. The molecule has 0 bridgehead atoms. The highest BCUT2D eigenvalue weighted by Gasteiger charge is 2.37. The summed E-state index contributed by atoms with van der Waals surface area (Å²) in [7, 11) is -3.44. The van der Waals surface area contributed by atoms with Crippen LogP contribution in [0.4, 0.5) is 17.3 Å². The molecule has 194 valence electrons. The van der Waals surface area contributed by atoms with Crippen LogP contribution in [-0.2, 0) is 10.0 Å². The minimum Gasteiger partial charge on any atom is -0.382 e. The Morgan fingerprint density at radius 3 is 2.73 bits per heavy atom. The van der Waals surface area contributed by atoms with Gasteiger partial charge in [0.2, 0.25) is 0 Å². The van der Waals surface area contributed by atoms with E-state index >= 15 is 0 Å². The second kappa shape index (κ2) is 11.1. The molecule has 2 N–H and O–H groups in total. The van der Waals surface area contributed by atoms with Gasteiger partial charge in [0.1, 0.15) is 11.6 Å². The van der Waals surface area contributed by atoms with Gasteiger partial charge in [0.25, 0.3) is 10.0 Å². The van der Waals surface area contributed by atoms with E-state index in [0.29, 0.717) is 35.9 Å². The third kappa shape index (κ3) is 6.41. The van der Waals surface area contributed by atoms with Crippen LogP contribution < -0.4 is 10.6 Å². The van der Waals surface area contributed by atoms with Gasteiger partial charge in [-0.15, -0.1) is 0 Å². The quantitative estimate of drug-likeness (QED) is 0.414. The first kappa shape index (κ1) is 25.5. The molecule has 0 radical (unpaired) electrons. The van der Waals surface area contributed by atoms with Crippen molar-refractivity contribution in [2.24, 2.45) is 0 Å². The molecule has 0 spiro atoms. The molecule has 12 heteroatoms. The fraction of sp³-hybridized carbons (Fsp3) is 0.440. The SMILES string of the molecule is CC(C)Nc1cc(Nc2ccnc(-c3cnn(S(=O)(=O)C4CC4)c3)n2)ncc1C#CCN1CCSCC1. The van der Waals surface area contributed by atoms with E-state index in [1.165, 1.54) is 12.4 Å². The van der Waals surface area contributed by atoms with Crippen molar-refractivity contribution >= 4 is 39.1 Å². The Morgan fingerprint density at radius 1 is 1.16 bits per heavy atom. The van der Waals surface area contributed by atoms with Crippen LogP contribution in [-0.4, -0.2) is 79.9 Å². The largest absolute Gasteiger partial charge is 0.382 e. The summed E-state index contributed by atoms with van der Waals surface area (Å²) in [5, 5.41) is 10.4. The number of pyridine rings is 1. The molecule has 0 atom stereocenters. The summed E-state index contributed by atoms with van der Waals surface area (Å²) in [6.45, 7) is 7.07. The summed E-state index contributed by atoms with van der Waals surface area (Å²) in [5.74, 6) is 10.4. The first-order valence-corrected chi connectivity index (χ1v) is 15.0. The van der Waals surface area contributed by atoms with Crippen LogP contribution in [0.3, 0.4) is 0 Å². The van der Waals surface area contributed by atoms with Gasteiger partial charge in [-0.3, -0.25) is 4.90 Å². The Bertz CT molecular complexity index is 1420. The van der Waals surface area contributed by atoms with Gasteiger partial charge in [0.15, 0.2) is 5.82 Å². The molecule has 5 rings (SSSR count). The lowest BCUT2D eigenvalue weighted by atomic mass is 10.2. The predicted octanol–water partition coefficient (Wildman–Crippen LogP) is 3.04. The molecule has 1 saturated carbocycles. The average Bonchev–Trinajstić information content (AvgIpc) is 3.63. The van der Waals surface area contributed by atoms with Crippen LogP contribution in [0.15, 0.2) is 36.9 Å². The monoisotopic (exact) mass is 538 g/mol. The van der Waals surface area contributed by atoms with Gasteiger partial charge in [-0.05, 0) is 32.8 Å². The lowest BCUT2D eigenvalue weighted by molar-refractivity contribution is 0.341. The van der Waals surface area contributed by atoms with Crippen LogP contribution >= 0.6 is 11.8 Å². The van der Waals surface area contributed by atoms with Crippen LogP contribution in [0, 0.1) is 11.8 Å². The van der Waals surface area contributed by atoms with Crippen LogP contribution in [0.25, 0.3) is 11.4 Å². The average molecular weight is 539 g/mol. The Balaban J connectivity index is 1.32. The maximum absolute atomic E-state index is 12.4. The van der Waals surface area contributed by atoms with Gasteiger partial charge in [0, 0.05) is 49.1 Å². The number of anilines is 3.